The van der Waals surface area contributed by atoms with Crippen molar-refractivity contribution < 1.29 is 24.2 Å². The van der Waals surface area contributed by atoms with E-state index >= 15 is 0 Å². The van der Waals surface area contributed by atoms with Crippen molar-refractivity contribution in [2.75, 3.05) is 26.4 Å². The van der Waals surface area contributed by atoms with E-state index in [1.165, 1.54) is 5.56 Å². The molecule has 2 rings (SSSR count). The first-order chi connectivity index (χ1) is 11.7. The summed E-state index contributed by atoms with van der Waals surface area (Å²) in [5, 5.41) is 12.1. The number of rotatable bonds is 6. The van der Waals surface area contributed by atoms with Gasteiger partial charge in [0, 0.05) is 19.8 Å². The number of hydrogen-bond donors (Lipinski definition) is 2. The Labute approximate surface area is 148 Å². The van der Waals surface area contributed by atoms with Gasteiger partial charge in [-0.05, 0) is 36.0 Å². The van der Waals surface area contributed by atoms with Crippen LogP contribution in [0.2, 0.25) is 0 Å². The molecule has 1 fully saturated rings. The van der Waals surface area contributed by atoms with Gasteiger partial charge in [-0.2, -0.15) is 0 Å². The molecule has 2 N–H and O–H groups in total. The van der Waals surface area contributed by atoms with Crippen molar-refractivity contribution in [3.8, 4) is 5.75 Å². The fourth-order valence-corrected chi connectivity index (χ4v) is 2.75. The van der Waals surface area contributed by atoms with Gasteiger partial charge in [0.2, 0.25) is 0 Å². The van der Waals surface area contributed by atoms with Crippen molar-refractivity contribution >= 4 is 11.9 Å². The Balaban J connectivity index is 1.83. The van der Waals surface area contributed by atoms with Crippen LogP contribution in [-0.4, -0.2) is 43.3 Å². The molecule has 1 aliphatic rings. The highest BCUT2D eigenvalue weighted by molar-refractivity contribution is 5.80. The number of aliphatic carboxylic acids is 1. The summed E-state index contributed by atoms with van der Waals surface area (Å²) in [4.78, 5) is 23.5. The lowest BCUT2D eigenvalue weighted by molar-refractivity contribution is -0.154. The number of nitrogens with one attached hydrogen (secondary N) is 1. The molecule has 1 heterocycles. The highest BCUT2D eigenvalue weighted by Crippen LogP contribution is 2.30. The van der Waals surface area contributed by atoms with Crippen LogP contribution in [0.1, 0.15) is 39.2 Å². The Morgan fingerprint density at radius 2 is 1.80 bits per heavy atom. The van der Waals surface area contributed by atoms with Gasteiger partial charge in [0.25, 0.3) is 5.91 Å². The number of carboxylic acid groups (broad SMARTS) is 1. The molecule has 0 saturated carbocycles. The molecule has 0 unspecified atom stereocenters. The largest absolute Gasteiger partial charge is 0.484 e. The van der Waals surface area contributed by atoms with Gasteiger partial charge >= 0.3 is 5.97 Å². The number of amides is 1. The molecule has 1 saturated heterocycles. The molecule has 0 aromatic heterocycles. The molecule has 1 aromatic carbocycles. The molecule has 6 heteroatoms. The first kappa shape index (κ1) is 19.2. The first-order valence-electron chi connectivity index (χ1n) is 8.54. The monoisotopic (exact) mass is 349 g/mol. The number of benzene rings is 1. The van der Waals surface area contributed by atoms with Gasteiger partial charge in [-0.1, -0.05) is 32.9 Å². The second-order valence-electron chi connectivity index (χ2n) is 7.54. The summed E-state index contributed by atoms with van der Waals surface area (Å²) < 4.78 is 10.7. The summed E-state index contributed by atoms with van der Waals surface area (Å²) in [7, 11) is 0. The van der Waals surface area contributed by atoms with E-state index in [-0.39, 0.29) is 24.5 Å². The van der Waals surface area contributed by atoms with Gasteiger partial charge in [-0.3, -0.25) is 9.59 Å². The summed E-state index contributed by atoms with van der Waals surface area (Å²) in [6.45, 7) is 7.15. The lowest BCUT2D eigenvalue weighted by atomic mass is 9.80. The van der Waals surface area contributed by atoms with Gasteiger partial charge in [0.15, 0.2) is 6.61 Å². The molecular formula is C19H27NO5. The second kappa shape index (κ2) is 7.87. The minimum absolute atomic E-state index is 0.0603. The topological polar surface area (TPSA) is 84.9 Å². The second-order valence-corrected chi connectivity index (χ2v) is 7.54. The van der Waals surface area contributed by atoms with Crippen molar-refractivity contribution in [1.29, 1.82) is 0 Å². The van der Waals surface area contributed by atoms with Crippen LogP contribution in [0.4, 0.5) is 0 Å². The van der Waals surface area contributed by atoms with Crippen molar-refractivity contribution in [2.45, 2.75) is 39.0 Å². The number of carboxylic acids is 1. The van der Waals surface area contributed by atoms with E-state index in [0.29, 0.717) is 31.8 Å². The third kappa shape index (κ3) is 5.19. The number of carbonyl (C=O) groups excluding carboxylic acids is 1. The van der Waals surface area contributed by atoms with Gasteiger partial charge in [-0.25, -0.2) is 0 Å². The van der Waals surface area contributed by atoms with Crippen LogP contribution in [0.5, 0.6) is 5.75 Å². The standard InChI is InChI=1S/C19H27NO5/c1-18(2,3)14-4-6-15(7-5-14)25-12-16(21)20-13-19(17(22)23)8-10-24-11-9-19/h4-7H,8-13H2,1-3H3,(H,20,21)(H,22,23). The third-order valence-electron chi connectivity index (χ3n) is 4.62. The van der Waals surface area contributed by atoms with Gasteiger partial charge in [0.05, 0.1) is 5.41 Å². The summed E-state index contributed by atoms with van der Waals surface area (Å²) in [5.74, 6) is -0.607. The summed E-state index contributed by atoms with van der Waals surface area (Å²) in [6.07, 6.45) is 0.801. The molecule has 1 aliphatic heterocycles. The van der Waals surface area contributed by atoms with E-state index in [4.69, 9.17) is 9.47 Å². The molecule has 1 amide bonds. The van der Waals surface area contributed by atoms with Crippen LogP contribution < -0.4 is 10.1 Å². The van der Waals surface area contributed by atoms with E-state index in [1.807, 2.05) is 24.3 Å². The van der Waals surface area contributed by atoms with Crippen molar-refractivity contribution in [3.05, 3.63) is 29.8 Å². The predicted molar refractivity (Wildman–Crippen MR) is 93.8 cm³/mol. The SMILES string of the molecule is CC(C)(C)c1ccc(OCC(=O)NCC2(C(=O)O)CCOCC2)cc1. The average molecular weight is 349 g/mol. The minimum atomic E-state index is -0.942. The van der Waals surface area contributed by atoms with Crippen molar-refractivity contribution in [3.63, 3.8) is 0 Å². The van der Waals surface area contributed by atoms with Crippen molar-refractivity contribution in [2.24, 2.45) is 5.41 Å². The molecule has 138 valence electrons. The van der Waals surface area contributed by atoms with Crippen LogP contribution in [-0.2, 0) is 19.7 Å². The molecule has 6 nitrogen and oxygen atoms in total. The molecule has 0 bridgehead atoms. The van der Waals surface area contributed by atoms with E-state index in [9.17, 15) is 14.7 Å². The van der Waals surface area contributed by atoms with Gasteiger partial charge in [0.1, 0.15) is 5.75 Å². The Morgan fingerprint density at radius 3 is 2.32 bits per heavy atom. The molecule has 0 aliphatic carbocycles. The van der Waals surface area contributed by atoms with Gasteiger partial charge in [-0.15, -0.1) is 0 Å². The Bertz CT molecular complexity index is 597. The van der Waals surface area contributed by atoms with Crippen LogP contribution in [0.25, 0.3) is 0 Å². The average Bonchev–Trinajstić information content (AvgIpc) is 2.58. The predicted octanol–water partition coefficient (Wildman–Crippen LogP) is 2.36. The van der Waals surface area contributed by atoms with Gasteiger partial charge < -0.3 is 19.9 Å². The lowest BCUT2D eigenvalue weighted by Crippen LogP contribution is -2.47. The molecule has 0 atom stereocenters. The molecule has 1 aromatic rings. The van der Waals surface area contributed by atoms with E-state index < -0.39 is 11.4 Å². The summed E-state index contributed by atoms with van der Waals surface area (Å²) in [6, 6.07) is 7.64. The van der Waals surface area contributed by atoms with Crippen LogP contribution in [0.15, 0.2) is 24.3 Å². The highest BCUT2D eigenvalue weighted by atomic mass is 16.5. The molecule has 0 radical (unpaired) electrons. The molecular weight excluding hydrogens is 322 g/mol. The van der Waals surface area contributed by atoms with E-state index in [0.717, 1.165) is 0 Å². The van der Waals surface area contributed by atoms with Crippen LogP contribution in [0.3, 0.4) is 0 Å². The van der Waals surface area contributed by atoms with E-state index in [2.05, 4.69) is 26.1 Å². The Hall–Kier alpha value is -2.08. The fourth-order valence-electron chi connectivity index (χ4n) is 2.75. The Morgan fingerprint density at radius 1 is 1.20 bits per heavy atom. The summed E-state index contributed by atoms with van der Waals surface area (Å²) >= 11 is 0. The number of hydrogen-bond acceptors (Lipinski definition) is 4. The maximum Gasteiger partial charge on any atom is 0.311 e. The zero-order valence-corrected chi connectivity index (χ0v) is 15.1. The molecule has 0 spiro atoms. The van der Waals surface area contributed by atoms with Crippen LogP contribution in [0, 0.1) is 5.41 Å². The first-order valence-corrected chi connectivity index (χ1v) is 8.54. The Kier molecular flexibility index (Phi) is 6.06. The zero-order valence-electron chi connectivity index (χ0n) is 15.1. The number of ether oxygens (including phenoxy) is 2. The maximum absolute atomic E-state index is 12.0. The quantitative estimate of drug-likeness (QED) is 0.823. The highest BCUT2D eigenvalue weighted by Gasteiger charge is 2.40. The van der Waals surface area contributed by atoms with Crippen LogP contribution >= 0.6 is 0 Å². The molecule has 25 heavy (non-hydrogen) atoms. The normalized spacial score (nSPS) is 16.9. The third-order valence-corrected chi connectivity index (χ3v) is 4.62. The van der Waals surface area contributed by atoms with Crippen molar-refractivity contribution in [1.82, 2.24) is 5.32 Å². The van der Waals surface area contributed by atoms with E-state index in [1.54, 1.807) is 0 Å². The summed E-state index contributed by atoms with van der Waals surface area (Å²) in [5.41, 5.74) is 0.305. The smallest absolute Gasteiger partial charge is 0.311 e. The fraction of sp³-hybridized carbons (Fsp3) is 0.579. The lowest BCUT2D eigenvalue weighted by Gasteiger charge is -2.33. The maximum atomic E-state index is 12.0. The number of carbonyl (C=O) groups is 2. The minimum Gasteiger partial charge on any atom is -0.484 e. The zero-order chi connectivity index (χ0) is 18.5.